The lowest BCUT2D eigenvalue weighted by Gasteiger charge is -2.05. The Morgan fingerprint density at radius 1 is 1.05 bits per heavy atom. The molecule has 0 aliphatic carbocycles. The van der Waals surface area contributed by atoms with Crippen molar-refractivity contribution in [2.24, 2.45) is 0 Å². The van der Waals surface area contributed by atoms with E-state index in [0.717, 1.165) is 16.8 Å². The molecule has 1 aromatic heterocycles. The molecule has 3 rings (SSSR count). The predicted octanol–water partition coefficient (Wildman–Crippen LogP) is 3.72. The lowest BCUT2D eigenvalue weighted by atomic mass is 10.2. The van der Waals surface area contributed by atoms with Gasteiger partial charge in [-0.2, -0.15) is 0 Å². The number of aromatic nitrogens is 4. The smallest absolute Gasteiger partial charge is 0.130 e. The molecule has 1 heterocycles. The lowest BCUT2D eigenvalue weighted by molar-refractivity contribution is 0.715. The van der Waals surface area contributed by atoms with Crippen LogP contribution in [0, 0.1) is 0 Å². The Morgan fingerprint density at radius 3 is 2.60 bits per heavy atom. The van der Waals surface area contributed by atoms with Crippen molar-refractivity contribution < 1.29 is 0 Å². The monoisotopic (exact) mass is 304 g/mol. The van der Waals surface area contributed by atoms with E-state index in [-0.39, 0.29) is 0 Å². The molecule has 20 heavy (non-hydrogen) atoms. The number of nitrogens with zero attached hydrogens (tertiary/aromatic N) is 4. The second-order valence-electron chi connectivity index (χ2n) is 4.18. The molecule has 0 fully saturated rings. The minimum Gasteiger partial charge on any atom is -0.130 e. The van der Waals surface area contributed by atoms with Crippen LogP contribution in [0.2, 0.25) is 5.02 Å². The van der Waals surface area contributed by atoms with Gasteiger partial charge in [-0.3, -0.25) is 0 Å². The molecule has 0 bridgehead atoms. The summed E-state index contributed by atoms with van der Waals surface area (Å²) in [6.07, 6.45) is 0. The number of hydrogen-bond donors (Lipinski definition) is 0. The first-order valence-electron chi connectivity index (χ1n) is 5.98. The zero-order valence-electron chi connectivity index (χ0n) is 10.4. The largest absolute Gasteiger partial charge is 0.205 e. The van der Waals surface area contributed by atoms with Gasteiger partial charge in [-0.05, 0) is 29.0 Å². The molecular weight excluding hydrogens is 295 g/mol. The third-order valence-electron chi connectivity index (χ3n) is 2.85. The summed E-state index contributed by atoms with van der Waals surface area (Å²) in [5.41, 5.74) is 2.55. The molecule has 0 saturated heterocycles. The van der Waals surface area contributed by atoms with Crippen molar-refractivity contribution in [1.29, 1.82) is 0 Å². The summed E-state index contributed by atoms with van der Waals surface area (Å²) in [5, 5.41) is 13.2. The van der Waals surface area contributed by atoms with E-state index < -0.39 is 0 Å². The van der Waals surface area contributed by atoms with Crippen molar-refractivity contribution in [3.05, 3.63) is 59.1 Å². The zero-order chi connectivity index (χ0) is 13.9. The number of halogens is 2. The topological polar surface area (TPSA) is 43.6 Å². The van der Waals surface area contributed by atoms with Crippen molar-refractivity contribution in [2.75, 3.05) is 0 Å². The normalized spacial score (nSPS) is 10.7. The SMILES string of the molecule is ClCc1cc(Cl)ccc1-n1nnc(-c2ccccc2)n1. The number of tetrazole rings is 1. The average molecular weight is 305 g/mol. The second-order valence-corrected chi connectivity index (χ2v) is 4.88. The van der Waals surface area contributed by atoms with Crippen molar-refractivity contribution in [3.63, 3.8) is 0 Å². The molecule has 6 heteroatoms. The Balaban J connectivity index is 2.02. The standard InChI is InChI=1S/C14H10Cl2N4/c15-9-11-8-12(16)6-7-13(11)20-18-14(17-19-20)10-4-2-1-3-5-10/h1-8H,9H2. The Morgan fingerprint density at radius 2 is 1.85 bits per heavy atom. The number of benzene rings is 2. The highest BCUT2D eigenvalue weighted by Gasteiger charge is 2.10. The third kappa shape index (κ3) is 2.53. The van der Waals surface area contributed by atoms with Gasteiger partial charge < -0.3 is 0 Å². The van der Waals surface area contributed by atoms with Crippen LogP contribution in [0.1, 0.15) is 5.56 Å². The van der Waals surface area contributed by atoms with Crippen molar-refractivity contribution in [1.82, 2.24) is 20.2 Å². The van der Waals surface area contributed by atoms with Crippen molar-refractivity contribution >= 4 is 23.2 Å². The van der Waals surface area contributed by atoms with Crippen LogP contribution in [-0.2, 0) is 5.88 Å². The fraction of sp³-hybridized carbons (Fsp3) is 0.0714. The molecule has 0 unspecified atom stereocenters. The van der Waals surface area contributed by atoms with E-state index in [1.165, 1.54) is 4.80 Å². The van der Waals surface area contributed by atoms with Gasteiger partial charge >= 0.3 is 0 Å². The van der Waals surface area contributed by atoms with E-state index >= 15 is 0 Å². The minimum absolute atomic E-state index is 0.331. The molecule has 0 radical (unpaired) electrons. The molecule has 0 N–H and O–H groups in total. The first-order valence-corrected chi connectivity index (χ1v) is 6.89. The van der Waals surface area contributed by atoms with Crippen LogP contribution in [0.15, 0.2) is 48.5 Å². The second kappa shape index (κ2) is 5.61. The van der Waals surface area contributed by atoms with Crippen LogP contribution < -0.4 is 0 Å². The molecule has 2 aromatic carbocycles. The lowest BCUT2D eigenvalue weighted by Crippen LogP contribution is -2.02. The molecule has 0 amide bonds. The number of rotatable bonds is 3. The fourth-order valence-corrected chi connectivity index (χ4v) is 2.28. The van der Waals surface area contributed by atoms with E-state index in [1.807, 2.05) is 36.4 Å². The molecular formula is C14H10Cl2N4. The van der Waals surface area contributed by atoms with Crippen LogP contribution in [0.5, 0.6) is 0 Å². The van der Waals surface area contributed by atoms with Crippen LogP contribution >= 0.6 is 23.2 Å². The van der Waals surface area contributed by atoms with Crippen LogP contribution in [0.4, 0.5) is 0 Å². The maximum Gasteiger partial charge on any atom is 0.205 e. The van der Waals surface area contributed by atoms with Crippen LogP contribution in [0.25, 0.3) is 17.1 Å². The van der Waals surface area contributed by atoms with Gasteiger partial charge in [0, 0.05) is 16.5 Å². The maximum atomic E-state index is 5.96. The van der Waals surface area contributed by atoms with E-state index in [1.54, 1.807) is 12.1 Å². The van der Waals surface area contributed by atoms with E-state index in [9.17, 15) is 0 Å². The Hall–Kier alpha value is -1.91. The summed E-state index contributed by atoms with van der Waals surface area (Å²) in [6.45, 7) is 0. The highest BCUT2D eigenvalue weighted by molar-refractivity contribution is 6.30. The molecule has 0 aliphatic rings. The van der Waals surface area contributed by atoms with Gasteiger partial charge in [-0.1, -0.05) is 41.9 Å². The van der Waals surface area contributed by atoms with Gasteiger partial charge in [-0.25, -0.2) is 0 Å². The van der Waals surface area contributed by atoms with E-state index in [2.05, 4.69) is 15.4 Å². The zero-order valence-corrected chi connectivity index (χ0v) is 11.9. The van der Waals surface area contributed by atoms with E-state index in [4.69, 9.17) is 23.2 Å². The first kappa shape index (κ1) is 13.1. The summed E-state index contributed by atoms with van der Waals surface area (Å²) in [4.78, 5) is 1.47. The van der Waals surface area contributed by atoms with Gasteiger partial charge in [-0.15, -0.1) is 26.6 Å². The molecule has 3 aromatic rings. The van der Waals surface area contributed by atoms with Gasteiger partial charge in [0.15, 0.2) is 0 Å². The summed E-state index contributed by atoms with van der Waals surface area (Å²) < 4.78 is 0. The van der Waals surface area contributed by atoms with Gasteiger partial charge in [0.1, 0.15) is 0 Å². The van der Waals surface area contributed by atoms with Gasteiger partial charge in [0.05, 0.1) is 5.69 Å². The van der Waals surface area contributed by atoms with Crippen molar-refractivity contribution in [2.45, 2.75) is 5.88 Å². The van der Waals surface area contributed by atoms with E-state index in [0.29, 0.717) is 16.7 Å². The molecule has 0 atom stereocenters. The van der Waals surface area contributed by atoms with Gasteiger partial charge in [0.2, 0.25) is 5.82 Å². The summed E-state index contributed by atoms with van der Waals surface area (Å²) in [5.74, 6) is 0.902. The summed E-state index contributed by atoms with van der Waals surface area (Å²) >= 11 is 11.9. The minimum atomic E-state index is 0.331. The maximum absolute atomic E-state index is 5.96. The van der Waals surface area contributed by atoms with Crippen LogP contribution in [-0.4, -0.2) is 20.2 Å². The molecule has 0 spiro atoms. The first-order chi connectivity index (χ1) is 9.78. The average Bonchev–Trinajstić information content (AvgIpc) is 2.97. The third-order valence-corrected chi connectivity index (χ3v) is 3.37. The number of alkyl halides is 1. The van der Waals surface area contributed by atoms with Gasteiger partial charge in [0.25, 0.3) is 0 Å². The Labute approximate surface area is 126 Å². The summed E-state index contributed by atoms with van der Waals surface area (Å²) in [7, 11) is 0. The predicted molar refractivity (Wildman–Crippen MR) is 79.2 cm³/mol. The quantitative estimate of drug-likeness (QED) is 0.693. The highest BCUT2D eigenvalue weighted by Crippen LogP contribution is 2.21. The van der Waals surface area contributed by atoms with Crippen LogP contribution in [0.3, 0.4) is 0 Å². The molecule has 0 saturated carbocycles. The summed E-state index contributed by atoms with van der Waals surface area (Å²) in [6, 6.07) is 15.1. The molecule has 0 aliphatic heterocycles. The highest BCUT2D eigenvalue weighted by atomic mass is 35.5. The molecule has 4 nitrogen and oxygen atoms in total. The van der Waals surface area contributed by atoms with Crippen molar-refractivity contribution in [3.8, 4) is 17.1 Å². The molecule has 100 valence electrons. The Bertz CT molecular complexity index is 725. The number of hydrogen-bond acceptors (Lipinski definition) is 3. The fourth-order valence-electron chi connectivity index (χ4n) is 1.88. The Kier molecular flexibility index (Phi) is 3.67.